The van der Waals surface area contributed by atoms with Crippen molar-refractivity contribution in [3.63, 3.8) is 0 Å². The van der Waals surface area contributed by atoms with E-state index in [0.29, 0.717) is 30.1 Å². The largest absolute Gasteiger partial charge is 0.488 e. The number of rotatable bonds is 9. The number of pyridine rings is 1. The number of aliphatic hydroxyl groups excluding tert-OH is 1. The second-order valence-corrected chi connectivity index (χ2v) is 12.4. The van der Waals surface area contributed by atoms with Crippen molar-refractivity contribution in [2.45, 2.75) is 58.2 Å². The molecule has 2 aromatic carbocycles. The van der Waals surface area contributed by atoms with E-state index < -0.39 is 0 Å². The van der Waals surface area contributed by atoms with Gasteiger partial charge in [0.15, 0.2) is 0 Å². The van der Waals surface area contributed by atoms with Crippen molar-refractivity contribution in [3.05, 3.63) is 78.1 Å². The van der Waals surface area contributed by atoms with Crippen molar-refractivity contribution in [2.75, 3.05) is 55.4 Å². The van der Waals surface area contributed by atoms with Gasteiger partial charge in [-0.3, -0.25) is 14.7 Å². The number of nitrogens with one attached hydrogen (secondary N) is 2. The van der Waals surface area contributed by atoms with Crippen LogP contribution in [-0.2, 0) is 17.8 Å². The first kappa shape index (κ1) is 32.2. The summed E-state index contributed by atoms with van der Waals surface area (Å²) in [6.45, 7) is 7.61. The van der Waals surface area contributed by atoms with Gasteiger partial charge in [0.1, 0.15) is 11.9 Å². The number of urea groups is 1. The van der Waals surface area contributed by atoms with Crippen LogP contribution in [0, 0.1) is 5.92 Å². The monoisotopic (exact) mass is 614 g/mol. The average Bonchev–Trinajstić information content (AvgIpc) is 3.09. The van der Waals surface area contributed by atoms with Crippen LogP contribution in [-0.4, -0.2) is 83.8 Å². The number of likely N-dealkylation sites (N-methyl/N-ethyl adjacent to an activating group) is 1. The molecule has 0 aliphatic carbocycles. The predicted molar refractivity (Wildman–Crippen MR) is 178 cm³/mol. The van der Waals surface area contributed by atoms with Crippen molar-refractivity contribution in [3.8, 4) is 5.75 Å². The lowest BCUT2D eigenvalue weighted by Gasteiger charge is -2.34. The fraction of sp³-hybridized carbons (Fsp3) is 0.457. The summed E-state index contributed by atoms with van der Waals surface area (Å²) in [6.07, 6.45) is 6.98. The highest BCUT2D eigenvalue weighted by Gasteiger charge is 2.31. The fourth-order valence-corrected chi connectivity index (χ4v) is 6.17. The molecule has 10 nitrogen and oxygen atoms in total. The summed E-state index contributed by atoms with van der Waals surface area (Å²) in [5, 5.41) is 16.0. The fourth-order valence-electron chi connectivity index (χ4n) is 6.17. The van der Waals surface area contributed by atoms with Gasteiger partial charge in [0.2, 0.25) is 5.91 Å². The average molecular weight is 615 g/mol. The molecule has 3 amide bonds. The van der Waals surface area contributed by atoms with Gasteiger partial charge >= 0.3 is 6.03 Å². The molecule has 1 unspecified atom stereocenters. The number of hydrogen-bond donors (Lipinski definition) is 3. The zero-order chi connectivity index (χ0) is 31.8. The lowest BCUT2D eigenvalue weighted by atomic mass is 10.0. The van der Waals surface area contributed by atoms with Gasteiger partial charge in [-0.25, -0.2) is 4.79 Å². The van der Waals surface area contributed by atoms with Crippen molar-refractivity contribution < 1.29 is 19.4 Å². The molecule has 240 valence electrons. The third-order valence-electron chi connectivity index (χ3n) is 8.72. The summed E-state index contributed by atoms with van der Waals surface area (Å²) in [5.74, 6) is 0.533. The molecule has 3 N–H and O–H groups in total. The normalized spacial score (nSPS) is 19.5. The third kappa shape index (κ3) is 8.52. The standard InChI is InChI=1S/C35H46N6O4/c1-25-21-41(26(2)24-42)34(43)20-28-19-29(11-12-32(28)45-33(25)23-39(3)22-27-13-15-36-16-14-27)37-35(44)38-30-9-5-6-10-31(30)40-17-7-4-8-18-40/h5-6,9-16,19,25-26,33,42H,4,7-8,17-18,20-24H2,1-3H3,(H2,37,38,44)/t25-,26?,33+/m1/s1. The molecule has 3 atom stereocenters. The molecule has 2 aliphatic rings. The molecule has 0 saturated carbocycles. The lowest BCUT2D eigenvalue weighted by molar-refractivity contribution is -0.134. The number of anilines is 3. The Morgan fingerprint density at radius 2 is 1.84 bits per heavy atom. The van der Waals surface area contributed by atoms with Crippen LogP contribution in [0.5, 0.6) is 5.75 Å². The van der Waals surface area contributed by atoms with Crippen LogP contribution in [0.15, 0.2) is 67.0 Å². The molecule has 1 fully saturated rings. The number of amides is 3. The maximum atomic E-state index is 13.6. The van der Waals surface area contributed by atoms with Crippen LogP contribution < -0.4 is 20.3 Å². The maximum absolute atomic E-state index is 13.6. The van der Waals surface area contributed by atoms with Gasteiger partial charge in [-0.2, -0.15) is 0 Å². The third-order valence-corrected chi connectivity index (χ3v) is 8.72. The second-order valence-electron chi connectivity index (χ2n) is 12.4. The quantitative estimate of drug-likeness (QED) is 0.311. The molecule has 1 aromatic heterocycles. The number of carbonyl (C=O) groups excluding carboxylic acids is 2. The number of hydrogen-bond acceptors (Lipinski definition) is 7. The second kappa shape index (κ2) is 15.2. The molecule has 3 aromatic rings. The highest BCUT2D eigenvalue weighted by molar-refractivity contribution is 6.02. The molecule has 10 heteroatoms. The van der Waals surface area contributed by atoms with E-state index >= 15 is 0 Å². The van der Waals surface area contributed by atoms with Crippen LogP contribution in [0.2, 0.25) is 0 Å². The van der Waals surface area contributed by atoms with Gasteiger partial charge in [-0.05, 0) is 81.3 Å². The summed E-state index contributed by atoms with van der Waals surface area (Å²) in [5.41, 5.74) is 4.20. The minimum atomic E-state index is -0.352. The number of benzene rings is 2. The number of para-hydroxylation sites is 2. The first-order valence-corrected chi connectivity index (χ1v) is 16.0. The summed E-state index contributed by atoms with van der Waals surface area (Å²) >= 11 is 0. The van der Waals surface area contributed by atoms with Gasteiger partial charge in [-0.15, -0.1) is 0 Å². The predicted octanol–water partition coefficient (Wildman–Crippen LogP) is 5.00. The molecule has 0 spiro atoms. The van der Waals surface area contributed by atoms with Crippen molar-refractivity contribution in [1.29, 1.82) is 0 Å². The molecular formula is C35H46N6O4. The minimum Gasteiger partial charge on any atom is -0.488 e. The van der Waals surface area contributed by atoms with E-state index in [2.05, 4.69) is 39.4 Å². The Kier molecular flexibility index (Phi) is 10.9. The Hall–Kier alpha value is -4.15. The Morgan fingerprint density at radius 3 is 2.60 bits per heavy atom. The molecule has 3 heterocycles. The van der Waals surface area contributed by atoms with Crippen LogP contribution in [0.1, 0.15) is 44.2 Å². The zero-order valence-electron chi connectivity index (χ0n) is 26.6. The zero-order valence-corrected chi connectivity index (χ0v) is 26.6. The molecule has 1 saturated heterocycles. The van der Waals surface area contributed by atoms with Gasteiger partial charge in [0, 0.05) is 62.3 Å². The first-order chi connectivity index (χ1) is 21.8. The SMILES string of the molecule is CC(CO)N1C[C@@H](C)[C@H](CN(C)Cc2ccncc2)Oc2ccc(NC(=O)Nc3ccccc3N3CCCCC3)cc2CC1=O. The van der Waals surface area contributed by atoms with Crippen LogP contribution in [0.3, 0.4) is 0 Å². The summed E-state index contributed by atoms with van der Waals surface area (Å²) in [7, 11) is 2.05. The lowest BCUT2D eigenvalue weighted by Crippen LogP contribution is -2.47. The van der Waals surface area contributed by atoms with E-state index in [0.717, 1.165) is 49.4 Å². The van der Waals surface area contributed by atoms with Gasteiger partial charge in [0.05, 0.1) is 30.4 Å². The number of ether oxygens (including phenoxy) is 1. The number of piperidine rings is 1. The van der Waals surface area contributed by atoms with E-state index in [1.807, 2.05) is 61.5 Å². The molecule has 0 bridgehead atoms. The number of carbonyl (C=O) groups is 2. The van der Waals surface area contributed by atoms with E-state index in [1.54, 1.807) is 17.3 Å². The van der Waals surface area contributed by atoms with Crippen molar-refractivity contribution >= 4 is 29.0 Å². The summed E-state index contributed by atoms with van der Waals surface area (Å²) < 4.78 is 6.66. The Morgan fingerprint density at radius 1 is 1.09 bits per heavy atom. The van der Waals surface area contributed by atoms with Crippen molar-refractivity contribution in [2.24, 2.45) is 5.92 Å². The molecule has 5 rings (SSSR count). The Labute approximate surface area is 266 Å². The molecule has 0 radical (unpaired) electrons. The highest BCUT2D eigenvalue weighted by Crippen LogP contribution is 2.31. The first-order valence-electron chi connectivity index (χ1n) is 16.0. The topological polar surface area (TPSA) is 110 Å². The van der Waals surface area contributed by atoms with Crippen molar-refractivity contribution in [1.82, 2.24) is 14.8 Å². The summed E-state index contributed by atoms with van der Waals surface area (Å²) in [6, 6.07) is 16.7. The van der Waals surface area contributed by atoms with E-state index in [9.17, 15) is 14.7 Å². The maximum Gasteiger partial charge on any atom is 0.323 e. The van der Waals surface area contributed by atoms with E-state index in [-0.39, 0.29) is 43.0 Å². The number of nitrogens with zero attached hydrogens (tertiary/aromatic N) is 4. The molecule has 2 aliphatic heterocycles. The van der Waals surface area contributed by atoms with Gasteiger partial charge in [0.25, 0.3) is 0 Å². The van der Waals surface area contributed by atoms with Gasteiger partial charge in [-0.1, -0.05) is 19.1 Å². The number of aromatic nitrogens is 1. The Bertz CT molecular complexity index is 1430. The molecule has 45 heavy (non-hydrogen) atoms. The highest BCUT2D eigenvalue weighted by atomic mass is 16.5. The number of fused-ring (bicyclic) bond motifs is 1. The molecular weight excluding hydrogens is 568 g/mol. The summed E-state index contributed by atoms with van der Waals surface area (Å²) in [4.78, 5) is 37.2. The van der Waals surface area contributed by atoms with E-state index in [4.69, 9.17) is 4.74 Å². The number of aliphatic hydroxyl groups is 1. The van der Waals surface area contributed by atoms with Crippen LogP contribution in [0.25, 0.3) is 0 Å². The van der Waals surface area contributed by atoms with E-state index in [1.165, 1.54) is 6.42 Å². The Balaban J connectivity index is 1.34. The smallest absolute Gasteiger partial charge is 0.323 e. The van der Waals surface area contributed by atoms with Crippen LogP contribution in [0.4, 0.5) is 21.9 Å². The van der Waals surface area contributed by atoms with Gasteiger partial charge < -0.3 is 30.3 Å². The van der Waals surface area contributed by atoms with Crippen LogP contribution >= 0.6 is 0 Å². The minimum absolute atomic E-state index is 0.00246.